The summed E-state index contributed by atoms with van der Waals surface area (Å²) in [6.45, 7) is 7.02. The Bertz CT molecular complexity index is 684. The molecule has 0 saturated heterocycles. The lowest BCUT2D eigenvalue weighted by atomic mass is 10.1. The number of para-hydroxylation sites is 1. The summed E-state index contributed by atoms with van der Waals surface area (Å²) < 4.78 is 0. The van der Waals surface area contributed by atoms with Gasteiger partial charge in [0.15, 0.2) is 5.78 Å². The minimum absolute atomic E-state index is 0.0359. The summed E-state index contributed by atoms with van der Waals surface area (Å²) in [4.78, 5) is 26.9. The SMILES string of the molecule is CC(=O)c1c(C)[nH]c(C(=O)Nc2ccccc2C)c1C. The van der Waals surface area contributed by atoms with Gasteiger partial charge in [-0.3, -0.25) is 9.59 Å². The van der Waals surface area contributed by atoms with E-state index in [2.05, 4.69) is 10.3 Å². The molecule has 0 fully saturated rings. The average Bonchev–Trinajstić information content (AvgIpc) is 2.67. The number of aryl methyl sites for hydroxylation is 2. The number of benzene rings is 1. The Kier molecular flexibility index (Phi) is 3.74. The topological polar surface area (TPSA) is 62.0 Å². The van der Waals surface area contributed by atoms with Crippen LogP contribution in [0.4, 0.5) is 5.69 Å². The van der Waals surface area contributed by atoms with Gasteiger partial charge in [-0.15, -0.1) is 0 Å². The van der Waals surface area contributed by atoms with Crippen molar-refractivity contribution in [2.24, 2.45) is 0 Å². The van der Waals surface area contributed by atoms with E-state index in [0.717, 1.165) is 16.9 Å². The van der Waals surface area contributed by atoms with Crippen LogP contribution in [0.25, 0.3) is 0 Å². The van der Waals surface area contributed by atoms with Gasteiger partial charge in [0.2, 0.25) is 0 Å². The molecule has 104 valence electrons. The van der Waals surface area contributed by atoms with Crippen LogP contribution in [-0.2, 0) is 0 Å². The molecule has 0 aliphatic carbocycles. The van der Waals surface area contributed by atoms with Gasteiger partial charge in [-0.1, -0.05) is 18.2 Å². The number of ketones is 1. The molecular weight excluding hydrogens is 252 g/mol. The minimum atomic E-state index is -0.229. The smallest absolute Gasteiger partial charge is 0.272 e. The van der Waals surface area contributed by atoms with Gasteiger partial charge in [-0.2, -0.15) is 0 Å². The quantitative estimate of drug-likeness (QED) is 0.840. The summed E-state index contributed by atoms with van der Waals surface area (Å²) in [6, 6.07) is 7.58. The Balaban J connectivity index is 2.34. The molecule has 0 atom stereocenters. The number of carbonyl (C=O) groups is 2. The Morgan fingerprint density at radius 3 is 2.30 bits per heavy atom. The van der Waals surface area contributed by atoms with E-state index in [4.69, 9.17) is 0 Å². The number of aromatic nitrogens is 1. The van der Waals surface area contributed by atoms with Crippen LogP contribution in [0.15, 0.2) is 24.3 Å². The third kappa shape index (κ3) is 2.50. The number of rotatable bonds is 3. The Morgan fingerprint density at radius 2 is 1.75 bits per heavy atom. The highest BCUT2D eigenvalue weighted by atomic mass is 16.2. The van der Waals surface area contributed by atoms with Crippen LogP contribution in [0.1, 0.15) is 44.6 Å². The fraction of sp³-hybridized carbons (Fsp3) is 0.250. The molecule has 1 aromatic carbocycles. The highest BCUT2D eigenvalue weighted by Crippen LogP contribution is 2.20. The molecule has 1 amide bonds. The number of hydrogen-bond acceptors (Lipinski definition) is 2. The number of anilines is 1. The number of amides is 1. The summed E-state index contributed by atoms with van der Waals surface area (Å²) in [5.41, 5.74) is 4.23. The normalized spacial score (nSPS) is 10.4. The fourth-order valence-corrected chi connectivity index (χ4v) is 2.40. The zero-order valence-electron chi connectivity index (χ0n) is 12.1. The van der Waals surface area contributed by atoms with E-state index in [-0.39, 0.29) is 11.7 Å². The van der Waals surface area contributed by atoms with E-state index >= 15 is 0 Å². The second kappa shape index (κ2) is 5.33. The summed E-state index contributed by atoms with van der Waals surface area (Å²) >= 11 is 0. The van der Waals surface area contributed by atoms with Crippen molar-refractivity contribution < 1.29 is 9.59 Å². The van der Waals surface area contributed by atoms with E-state index < -0.39 is 0 Å². The summed E-state index contributed by atoms with van der Waals surface area (Å²) in [5, 5.41) is 2.87. The first-order chi connectivity index (χ1) is 9.41. The molecule has 0 aliphatic heterocycles. The molecule has 1 aromatic heterocycles. The molecule has 4 heteroatoms. The molecule has 0 saturated carbocycles. The van der Waals surface area contributed by atoms with Crippen LogP contribution in [0.5, 0.6) is 0 Å². The van der Waals surface area contributed by atoms with Gasteiger partial charge in [0, 0.05) is 16.9 Å². The number of Topliss-reactive ketones (excluding diaryl/α,β-unsaturated/α-hetero) is 1. The van der Waals surface area contributed by atoms with Crippen molar-refractivity contribution >= 4 is 17.4 Å². The lowest BCUT2D eigenvalue weighted by Crippen LogP contribution is -2.14. The van der Waals surface area contributed by atoms with Crippen molar-refractivity contribution in [1.29, 1.82) is 0 Å². The largest absolute Gasteiger partial charge is 0.354 e. The molecule has 0 spiro atoms. The predicted molar refractivity (Wildman–Crippen MR) is 79.4 cm³/mol. The Hall–Kier alpha value is -2.36. The van der Waals surface area contributed by atoms with Crippen molar-refractivity contribution in [1.82, 2.24) is 4.98 Å². The third-order valence-corrected chi connectivity index (χ3v) is 3.41. The molecule has 0 aliphatic rings. The molecule has 0 radical (unpaired) electrons. The number of H-pyrrole nitrogens is 1. The van der Waals surface area contributed by atoms with E-state index in [0.29, 0.717) is 16.8 Å². The van der Waals surface area contributed by atoms with Gasteiger partial charge in [0.25, 0.3) is 5.91 Å². The van der Waals surface area contributed by atoms with Crippen LogP contribution < -0.4 is 5.32 Å². The monoisotopic (exact) mass is 270 g/mol. The van der Waals surface area contributed by atoms with Crippen molar-refractivity contribution in [2.45, 2.75) is 27.7 Å². The zero-order valence-corrected chi connectivity index (χ0v) is 12.1. The zero-order chi connectivity index (χ0) is 14.9. The number of nitrogens with one attached hydrogen (secondary N) is 2. The molecule has 20 heavy (non-hydrogen) atoms. The van der Waals surface area contributed by atoms with Gasteiger partial charge in [-0.25, -0.2) is 0 Å². The first kappa shape index (κ1) is 14.1. The maximum atomic E-state index is 12.3. The van der Waals surface area contributed by atoms with Crippen LogP contribution in [-0.4, -0.2) is 16.7 Å². The molecule has 2 rings (SSSR count). The molecular formula is C16H18N2O2. The number of hydrogen-bond donors (Lipinski definition) is 2. The van der Waals surface area contributed by atoms with Crippen molar-refractivity contribution in [3.8, 4) is 0 Å². The van der Waals surface area contributed by atoms with Gasteiger partial charge in [-0.05, 0) is 44.9 Å². The first-order valence-electron chi connectivity index (χ1n) is 6.49. The minimum Gasteiger partial charge on any atom is -0.354 e. The van der Waals surface area contributed by atoms with Crippen LogP contribution in [0, 0.1) is 20.8 Å². The van der Waals surface area contributed by atoms with Crippen molar-refractivity contribution in [2.75, 3.05) is 5.32 Å². The number of carbonyl (C=O) groups excluding carboxylic acids is 2. The molecule has 2 aromatic rings. The van der Waals surface area contributed by atoms with Crippen molar-refractivity contribution in [3.63, 3.8) is 0 Å². The third-order valence-electron chi connectivity index (χ3n) is 3.41. The lowest BCUT2D eigenvalue weighted by molar-refractivity contribution is 0.101. The highest BCUT2D eigenvalue weighted by Gasteiger charge is 2.19. The maximum Gasteiger partial charge on any atom is 0.272 e. The average molecular weight is 270 g/mol. The van der Waals surface area contributed by atoms with Gasteiger partial charge in [0.05, 0.1) is 0 Å². The first-order valence-corrected chi connectivity index (χ1v) is 6.49. The van der Waals surface area contributed by atoms with E-state index in [1.807, 2.05) is 31.2 Å². The Morgan fingerprint density at radius 1 is 1.10 bits per heavy atom. The Labute approximate surface area is 118 Å². The van der Waals surface area contributed by atoms with Gasteiger partial charge < -0.3 is 10.3 Å². The molecule has 2 N–H and O–H groups in total. The van der Waals surface area contributed by atoms with Crippen LogP contribution in [0.2, 0.25) is 0 Å². The molecule has 0 unspecified atom stereocenters. The van der Waals surface area contributed by atoms with E-state index in [1.165, 1.54) is 6.92 Å². The van der Waals surface area contributed by atoms with Crippen LogP contribution >= 0.6 is 0 Å². The summed E-state index contributed by atoms with van der Waals surface area (Å²) in [5.74, 6) is -0.265. The molecule has 0 bridgehead atoms. The fourth-order valence-electron chi connectivity index (χ4n) is 2.40. The number of aromatic amines is 1. The predicted octanol–water partition coefficient (Wildman–Crippen LogP) is 3.39. The maximum absolute atomic E-state index is 12.3. The summed E-state index contributed by atoms with van der Waals surface area (Å²) in [6.07, 6.45) is 0. The standard InChI is InChI=1S/C16H18N2O2/c1-9-7-5-6-8-13(9)18-16(20)15-10(2)14(12(4)19)11(3)17-15/h5-8,17H,1-4H3,(H,18,20). The van der Waals surface area contributed by atoms with E-state index in [1.54, 1.807) is 13.8 Å². The second-order valence-corrected chi connectivity index (χ2v) is 4.95. The molecule has 1 heterocycles. The highest BCUT2D eigenvalue weighted by molar-refractivity contribution is 6.07. The van der Waals surface area contributed by atoms with Crippen LogP contribution in [0.3, 0.4) is 0 Å². The lowest BCUT2D eigenvalue weighted by Gasteiger charge is -2.07. The van der Waals surface area contributed by atoms with E-state index in [9.17, 15) is 9.59 Å². The molecule has 4 nitrogen and oxygen atoms in total. The van der Waals surface area contributed by atoms with Gasteiger partial charge >= 0.3 is 0 Å². The summed E-state index contributed by atoms with van der Waals surface area (Å²) in [7, 11) is 0. The van der Waals surface area contributed by atoms with Gasteiger partial charge in [0.1, 0.15) is 5.69 Å². The second-order valence-electron chi connectivity index (χ2n) is 4.95. The van der Waals surface area contributed by atoms with Crippen molar-refractivity contribution in [3.05, 3.63) is 52.3 Å².